The molecular formula is C21H25NO3. The number of aryl methyl sites for hydroxylation is 1. The van der Waals surface area contributed by atoms with Gasteiger partial charge < -0.3 is 14.8 Å². The predicted molar refractivity (Wildman–Crippen MR) is 98.2 cm³/mol. The van der Waals surface area contributed by atoms with Gasteiger partial charge in [0, 0.05) is 12.0 Å². The summed E-state index contributed by atoms with van der Waals surface area (Å²) in [6.45, 7) is 6.89. The van der Waals surface area contributed by atoms with Gasteiger partial charge in [0.1, 0.15) is 11.5 Å². The lowest BCUT2D eigenvalue weighted by molar-refractivity contribution is -0.124. The fourth-order valence-corrected chi connectivity index (χ4v) is 3.11. The molecule has 4 nitrogen and oxygen atoms in total. The molecule has 0 bridgehead atoms. The van der Waals surface area contributed by atoms with E-state index in [0.717, 1.165) is 34.6 Å². The third kappa shape index (κ3) is 4.13. The summed E-state index contributed by atoms with van der Waals surface area (Å²) in [5.74, 6) is 1.87. The first-order chi connectivity index (χ1) is 12.0. The zero-order chi connectivity index (χ0) is 17.8. The maximum atomic E-state index is 12.4. The molecule has 2 aromatic carbocycles. The van der Waals surface area contributed by atoms with Gasteiger partial charge in [0.25, 0.3) is 5.91 Å². The van der Waals surface area contributed by atoms with Crippen LogP contribution >= 0.6 is 0 Å². The third-order valence-corrected chi connectivity index (χ3v) is 4.44. The van der Waals surface area contributed by atoms with Crippen molar-refractivity contribution in [1.29, 1.82) is 0 Å². The first-order valence-corrected chi connectivity index (χ1v) is 8.79. The Hall–Kier alpha value is -2.49. The molecule has 4 heteroatoms. The minimum Gasteiger partial charge on any atom is -0.493 e. The summed E-state index contributed by atoms with van der Waals surface area (Å²) in [5.41, 5.74) is 3.27. The second-order valence-corrected chi connectivity index (χ2v) is 6.78. The SMILES string of the molecule is Cc1ccc(C(C)C)c(OCC(=O)NC2CCOc3ccccc32)c1. The average molecular weight is 339 g/mol. The van der Waals surface area contributed by atoms with Crippen molar-refractivity contribution < 1.29 is 14.3 Å². The van der Waals surface area contributed by atoms with E-state index in [0.29, 0.717) is 12.5 Å². The Morgan fingerprint density at radius 1 is 1.28 bits per heavy atom. The minimum absolute atomic E-state index is 0.0166. The number of para-hydroxylation sites is 1. The number of carbonyl (C=O) groups is 1. The van der Waals surface area contributed by atoms with Crippen molar-refractivity contribution in [2.45, 2.75) is 39.2 Å². The molecule has 2 aromatic rings. The summed E-state index contributed by atoms with van der Waals surface area (Å²) in [4.78, 5) is 12.4. The Morgan fingerprint density at radius 2 is 2.08 bits per heavy atom. The Labute approximate surface area is 149 Å². The molecule has 1 heterocycles. The highest BCUT2D eigenvalue weighted by Gasteiger charge is 2.22. The van der Waals surface area contributed by atoms with Crippen molar-refractivity contribution in [1.82, 2.24) is 5.32 Å². The zero-order valence-electron chi connectivity index (χ0n) is 15.0. The Balaban J connectivity index is 1.64. The molecule has 1 amide bonds. The monoisotopic (exact) mass is 339 g/mol. The van der Waals surface area contributed by atoms with Gasteiger partial charge in [-0.1, -0.05) is 44.2 Å². The maximum Gasteiger partial charge on any atom is 0.258 e. The van der Waals surface area contributed by atoms with E-state index in [-0.39, 0.29) is 18.6 Å². The van der Waals surface area contributed by atoms with Crippen molar-refractivity contribution in [3.05, 3.63) is 59.2 Å². The summed E-state index contributed by atoms with van der Waals surface area (Å²) in [6.07, 6.45) is 0.768. The number of benzene rings is 2. The number of amides is 1. The largest absolute Gasteiger partial charge is 0.493 e. The smallest absolute Gasteiger partial charge is 0.258 e. The molecule has 0 saturated heterocycles. The summed E-state index contributed by atoms with van der Waals surface area (Å²) in [5, 5.41) is 3.06. The van der Waals surface area contributed by atoms with Gasteiger partial charge in [0.2, 0.25) is 0 Å². The molecule has 1 aliphatic rings. The molecule has 0 saturated carbocycles. The van der Waals surface area contributed by atoms with Gasteiger partial charge >= 0.3 is 0 Å². The number of ether oxygens (including phenoxy) is 2. The van der Waals surface area contributed by atoms with Crippen LogP contribution in [0.3, 0.4) is 0 Å². The number of carbonyl (C=O) groups excluding carboxylic acids is 1. The number of hydrogen-bond donors (Lipinski definition) is 1. The Bertz CT molecular complexity index is 755. The van der Waals surface area contributed by atoms with Gasteiger partial charge in [-0.2, -0.15) is 0 Å². The molecule has 1 aliphatic heterocycles. The fourth-order valence-electron chi connectivity index (χ4n) is 3.11. The van der Waals surface area contributed by atoms with Crippen LogP contribution in [-0.4, -0.2) is 19.1 Å². The van der Waals surface area contributed by atoms with Crippen LogP contribution < -0.4 is 14.8 Å². The van der Waals surface area contributed by atoms with Crippen molar-refractivity contribution >= 4 is 5.91 Å². The molecule has 0 aliphatic carbocycles. The molecule has 1 unspecified atom stereocenters. The fraction of sp³-hybridized carbons (Fsp3) is 0.381. The van der Waals surface area contributed by atoms with E-state index in [1.165, 1.54) is 0 Å². The van der Waals surface area contributed by atoms with E-state index in [1.54, 1.807) is 0 Å². The number of rotatable bonds is 5. The topological polar surface area (TPSA) is 47.6 Å². The van der Waals surface area contributed by atoms with Crippen molar-refractivity contribution in [2.75, 3.05) is 13.2 Å². The molecule has 132 valence electrons. The van der Waals surface area contributed by atoms with E-state index in [9.17, 15) is 4.79 Å². The molecular weight excluding hydrogens is 314 g/mol. The first kappa shape index (κ1) is 17.3. The van der Waals surface area contributed by atoms with Crippen LogP contribution in [0.25, 0.3) is 0 Å². The standard InChI is InChI=1S/C21H25NO3/c1-14(2)16-9-8-15(3)12-20(16)25-13-21(23)22-18-10-11-24-19-7-5-4-6-17(18)19/h4-9,12,14,18H,10-11,13H2,1-3H3,(H,22,23). The predicted octanol–water partition coefficient (Wildman–Crippen LogP) is 4.14. The highest BCUT2D eigenvalue weighted by molar-refractivity contribution is 5.78. The summed E-state index contributed by atoms with van der Waals surface area (Å²) < 4.78 is 11.5. The summed E-state index contributed by atoms with van der Waals surface area (Å²) in [6, 6.07) is 13.9. The van der Waals surface area contributed by atoms with Crippen LogP contribution in [0.5, 0.6) is 11.5 Å². The van der Waals surface area contributed by atoms with Gasteiger partial charge in [0.15, 0.2) is 6.61 Å². The summed E-state index contributed by atoms with van der Waals surface area (Å²) in [7, 11) is 0. The van der Waals surface area contributed by atoms with Crippen molar-refractivity contribution in [3.63, 3.8) is 0 Å². The van der Waals surface area contributed by atoms with E-state index in [4.69, 9.17) is 9.47 Å². The molecule has 0 radical (unpaired) electrons. The van der Waals surface area contributed by atoms with Crippen LogP contribution in [0, 0.1) is 6.92 Å². The Morgan fingerprint density at radius 3 is 2.88 bits per heavy atom. The zero-order valence-corrected chi connectivity index (χ0v) is 15.0. The van der Waals surface area contributed by atoms with Crippen LogP contribution in [0.4, 0.5) is 0 Å². The Kier molecular flexibility index (Phi) is 5.27. The van der Waals surface area contributed by atoms with E-state index < -0.39 is 0 Å². The number of fused-ring (bicyclic) bond motifs is 1. The molecule has 0 fully saturated rings. The van der Waals surface area contributed by atoms with Gasteiger partial charge in [-0.25, -0.2) is 0 Å². The summed E-state index contributed by atoms with van der Waals surface area (Å²) >= 11 is 0. The van der Waals surface area contributed by atoms with Crippen LogP contribution in [0.2, 0.25) is 0 Å². The molecule has 3 rings (SSSR count). The second kappa shape index (κ2) is 7.60. The molecule has 25 heavy (non-hydrogen) atoms. The molecule has 1 atom stereocenters. The minimum atomic E-state index is -0.113. The van der Waals surface area contributed by atoms with Crippen LogP contribution in [0.15, 0.2) is 42.5 Å². The second-order valence-electron chi connectivity index (χ2n) is 6.78. The van der Waals surface area contributed by atoms with Crippen molar-refractivity contribution in [2.24, 2.45) is 0 Å². The molecule has 0 spiro atoms. The molecule has 0 aromatic heterocycles. The van der Waals surface area contributed by atoms with E-state index >= 15 is 0 Å². The highest BCUT2D eigenvalue weighted by atomic mass is 16.5. The van der Waals surface area contributed by atoms with Gasteiger partial charge in [-0.15, -0.1) is 0 Å². The van der Waals surface area contributed by atoms with E-state index in [2.05, 4.69) is 31.3 Å². The van der Waals surface area contributed by atoms with Crippen molar-refractivity contribution in [3.8, 4) is 11.5 Å². The lowest BCUT2D eigenvalue weighted by Gasteiger charge is -2.26. The number of nitrogens with one attached hydrogen (secondary N) is 1. The highest BCUT2D eigenvalue weighted by Crippen LogP contribution is 2.31. The first-order valence-electron chi connectivity index (χ1n) is 8.79. The lowest BCUT2D eigenvalue weighted by Crippen LogP contribution is -2.35. The third-order valence-electron chi connectivity index (χ3n) is 4.44. The molecule has 1 N–H and O–H groups in total. The lowest BCUT2D eigenvalue weighted by atomic mass is 10.0. The van der Waals surface area contributed by atoms with Crippen LogP contribution in [0.1, 0.15) is 48.9 Å². The maximum absolute atomic E-state index is 12.4. The normalized spacial score (nSPS) is 16.1. The number of hydrogen-bond acceptors (Lipinski definition) is 3. The van der Waals surface area contributed by atoms with Gasteiger partial charge in [-0.05, 0) is 36.1 Å². The van der Waals surface area contributed by atoms with Crippen LogP contribution in [-0.2, 0) is 4.79 Å². The van der Waals surface area contributed by atoms with Gasteiger partial charge in [-0.3, -0.25) is 4.79 Å². The van der Waals surface area contributed by atoms with E-state index in [1.807, 2.05) is 37.3 Å². The average Bonchev–Trinajstić information content (AvgIpc) is 2.60. The quantitative estimate of drug-likeness (QED) is 0.891. The van der Waals surface area contributed by atoms with Gasteiger partial charge in [0.05, 0.1) is 12.6 Å².